The largest absolute Gasteiger partial charge is 0.480 e. The van der Waals surface area contributed by atoms with Gasteiger partial charge in [-0.3, -0.25) is 4.79 Å². The van der Waals surface area contributed by atoms with Gasteiger partial charge in [0.25, 0.3) is 0 Å². The summed E-state index contributed by atoms with van der Waals surface area (Å²) in [5.74, 6) is -1.40. The van der Waals surface area contributed by atoms with E-state index in [1.165, 1.54) is 0 Å². The van der Waals surface area contributed by atoms with Crippen LogP contribution in [0.1, 0.15) is 25.7 Å². The first-order valence-corrected chi connectivity index (χ1v) is 5.94. The van der Waals surface area contributed by atoms with Gasteiger partial charge in [-0.05, 0) is 25.3 Å². The van der Waals surface area contributed by atoms with Crippen LogP contribution in [0.15, 0.2) is 0 Å². The Balaban J connectivity index is 2.54. The summed E-state index contributed by atoms with van der Waals surface area (Å²) >= 11 is 0. The molecule has 1 aliphatic carbocycles. The summed E-state index contributed by atoms with van der Waals surface area (Å²) in [6.07, 6.45) is 2.67. The van der Waals surface area contributed by atoms with Gasteiger partial charge in [-0.15, -0.1) is 0 Å². The Morgan fingerprint density at radius 1 is 1.41 bits per heavy atom. The van der Waals surface area contributed by atoms with Crippen molar-refractivity contribution in [3.05, 3.63) is 0 Å². The number of aliphatic hydroxyl groups is 1. The van der Waals surface area contributed by atoms with Crippen molar-refractivity contribution in [3.8, 4) is 0 Å². The second-order valence-corrected chi connectivity index (χ2v) is 4.44. The smallest absolute Gasteiger partial charge is 0.326 e. The molecule has 6 heteroatoms. The van der Waals surface area contributed by atoms with Crippen LogP contribution in [0.4, 0.5) is 0 Å². The maximum atomic E-state index is 11.9. The Hall–Kier alpha value is -1.14. The number of aliphatic carboxylic acids is 1. The average Bonchev–Trinajstić information content (AvgIpc) is 2.76. The van der Waals surface area contributed by atoms with E-state index in [0.717, 1.165) is 19.3 Å². The highest BCUT2D eigenvalue weighted by Crippen LogP contribution is 2.31. The van der Waals surface area contributed by atoms with E-state index in [1.807, 2.05) is 0 Å². The molecule has 0 aromatic heterocycles. The maximum absolute atomic E-state index is 11.9. The highest BCUT2D eigenvalue weighted by atomic mass is 16.4. The third kappa shape index (κ3) is 3.67. The summed E-state index contributed by atoms with van der Waals surface area (Å²) in [7, 11) is 0. The fourth-order valence-electron chi connectivity index (χ4n) is 2.33. The van der Waals surface area contributed by atoms with Gasteiger partial charge < -0.3 is 21.3 Å². The number of carbonyl (C=O) groups excluding carboxylic acids is 1. The number of nitrogens with two attached hydrogens (primary N) is 1. The van der Waals surface area contributed by atoms with Crippen LogP contribution in [0.5, 0.6) is 0 Å². The molecule has 0 heterocycles. The van der Waals surface area contributed by atoms with Gasteiger partial charge in [0, 0.05) is 18.9 Å². The van der Waals surface area contributed by atoms with Crippen molar-refractivity contribution in [2.45, 2.75) is 31.7 Å². The molecule has 6 nitrogen and oxygen atoms in total. The highest BCUT2D eigenvalue weighted by molar-refractivity contribution is 5.85. The molecule has 98 valence electrons. The van der Waals surface area contributed by atoms with E-state index in [2.05, 4.69) is 5.32 Å². The number of carboxylic acid groups (broad SMARTS) is 1. The number of hydrogen-bond donors (Lipinski definition) is 4. The monoisotopic (exact) mass is 244 g/mol. The maximum Gasteiger partial charge on any atom is 0.326 e. The van der Waals surface area contributed by atoms with E-state index in [9.17, 15) is 9.59 Å². The molecule has 1 aliphatic rings. The Morgan fingerprint density at radius 3 is 2.65 bits per heavy atom. The van der Waals surface area contributed by atoms with Crippen LogP contribution < -0.4 is 11.1 Å². The third-order valence-electron chi connectivity index (χ3n) is 3.33. The number of aliphatic hydroxyl groups excluding tert-OH is 1. The van der Waals surface area contributed by atoms with Crippen molar-refractivity contribution in [2.75, 3.05) is 13.2 Å². The predicted molar refractivity (Wildman–Crippen MR) is 61.2 cm³/mol. The van der Waals surface area contributed by atoms with E-state index in [0.29, 0.717) is 6.54 Å². The van der Waals surface area contributed by atoms with Crippen LogP contribution in [-0.4, -0.2) is 41.3 Å². The van der Waals surface area contributed by atoms with Crippen LogP contribution in [0.3, 0.4) is 0 Å². The van der Waals surface area contributed by atoms with Gasteiger partial charge in [-0.25, -0.2) is 4.79 Å². The number of rotatable bonds is 6. The molecule has 0 aromatic carbocycles. The molecule has 2 unspecified atom stereocenters. The molecule has 3 atom stereocenters. The number of nitrogens with one attached hydrogen (secondary N) is 1. The lowest BCUT2D eigenvalue weighted by Gasteiger charge is -2.20. The number of carboxylic acids is 1. The van der Waals surface area contributed by atoms with E-state index in [1.54, 1.807) is 0 Å². The first-order chi connectivity index (χ1) is 8.10. The minimum absolute atomic E-state index is 0.0289. The molecule has 1 amide bonds. The second-order valence-electron chi connectivity index (χ2n) is 4.44. The zero-order valence-electron chi connectivity index (χ0n) is 9.76. The second kappa shape index (κ2) is 6.56. The van der Waals surface area contributed by atoms with Gasteiger partial charge in [0.15, 0.2) is 0 Å². The Morgan fingerprint density at radius 2 is 2.12 bits per heavy atom. The zero-order chi connectivity index (χ0) is 12.8. The number of carbonyl (C=O) groups is 2. The molecule has 1 fully saturated rings. The topological polar surface area (TPSA) is 113 Å². The number of hydrogen-bond acceptors (Lipinski definition) is 4. The summed E-state index contributed by atoms with van der Waals surface area (Å²) < 4.78 is 0. The van der Waals surface area contributed by atoms with Crippen LogP contribution in [0.25, 0.3) is 0 Å². The molecular weight excluding hydrogens is 224 g/mol. The van der Waals surface area contributed by atoms with Crippen molar-refractivity contribution < 1.29 is 19.8 Å². The summed E-state index contributed by atoms with van der Waals surface area (Å²) in [5.41, 5.74) is 5.57. The molecule has 0 saturated heterocycles. The summed E-state index contributed by atoms with van der Waals surface area (Å²) in [4.78, 5) is 22.7. The molecular formula is C11H20N2O4. The van der Waals surface area contributed by atoms with Gasteiger partial charge in [-0.1, -0.05) is 6.42 Å². The van der Waals surface area contributed by atoms with Gasteiger partial charge in [0.1, 0.15) is 6.04 Å². The van der Waals surface area contributed by atoms with E-state index < -0.39 is 12.0 Å². The molecule has 1 rings (SSSR count). The minimum Gasteiger partial charge on any atom is -0.480 e. The van der Waals surface area contributed by atoms with E-state index >= 15 is 0 Å². The van der Waals surface area contributed by atoms with Gasteiger partial charge in [-0.2, -0.15) is 0 Å². The average molecular weight is 244 g/mol. The van der Waals surface area contributed by atoms with Crippen molar-refractivity contribution in [3.63, 3.8) is 0 Å². The van der Waals surface area contributed by atoms with E-state index in [-0.39, 0.29) is 30.8 Å². The lowest BCUT2D eigenvalue weighted by Crippen LogP contribution is -2.45. The summed E-state index contributed by atoms with van der Waals surface area (Å²) in [6.45, 7) is 0.193. The van der Waals surface area contributed by atoms with Gasteiger partial charge >= 0.3 is 5.97 Å². The Kier molecular flexibility index (Phi) is 5.37. The quantitative estimate of drug-likeness (QED) is 0.494. The molecule has 0 aromatic rings. The SMILES string of the molecule is NCC1CCCC1C(=O)N[C@@H](CCO)C(=O)O. The summed E-state index contributed by atoms with van der Waals surface area (Å²) in [5, 5.41) is 20.1. The van der Waals surface area contributed by atoms with Crippen LogP contribution >= 0.6 is 0 Å². The minimum atomic E-state index is -1.12. The highest BCUT2D eigenvalue weighted by Gasteiger charge is 2.33. The van der Waals surface area contributed by atoms with Crippen molar-refractivity contribution >= 4 is 11.9 Å². The summed E-state index contributed by atoms with van der Waals surface area (Å²) in [6, 6.07) is -1.01. The van der Waals surface area contributed by atoms with E-state index in [4.69, 9.17) is 15.9 Å². The molecule has 0 bridgehead atoms. The predicted octanol–water partition coefficient (Wildman–Crippen LogP) is -0.687. The number of amides is 1. The first kappa shape index (κ1) is 13.9. The van der Waals surface area contributed by atoms with Crippen LogP contribution in [0, 0.1) is 11.8 Å². The van der Waals surface area contributed by atoms with Gasteiger partial charge in [0.05, 0.1) is 0 Å². The van der Waals surface area contributed by atoms with Crippen molar-refractivity contribution in [1.29, 1.82) is 0 Å². The molecule has 5 N–H and O–H groups in total. The van der Waals surface area contributed by atoms with Crippen LogP contribution in [-0.2, 0) is 9.59 Å². The van der Waals surface area contributed by atoms with Crippen molar-refractivity contribution in [2.24, 2.45) is 17.6 Å². The first-order valence-electron chi connectivity index (χ1n) is 5.94. The lowest BCUT2D eigenvalue weighted by atomic mass is 9.95. The standard InChI is InChI=1S/C11H20N2O4/c12-6-7-2-1-3-8(7)10(15)13-9(4-5-14)11(16)17/h7-9,14H,1-6,12H2,(H,13,15)(H,16,17)/t7?,8?,9-/m0/s1. The zero-order valence-corrected chi connectivity index (χ0v) is 9.76. The van der Waals surface area contributed by atoms with Crippen LogP contribution in [0.2, 0.25) is 0 Å². The Labute approximate surface area is 100 Å². The molecule has 1 saturated carbocycles. The molecule has 0 spiro atoms. The fourth-order valence-corrected chi connectivity index (χ4v) is 2.33. The molecule has 0 radical (unpaired) electrons. The normalized spacial score (nSPS) is 25.5. The molecule has 0 aliphatic heterocycles. The molecule has 17 heavy (non-hydrogen) atoms. The Bertz CT molecular complexity index is 283. The van der Waals surface area contributed by atoms with Gasteiger partial charge in [0.2, 0.25) is 5.91 Å². The fraction of sp³-hybridized carbons (Fsp3) is 0.818. The van der Waals surface area contributed by atoms with Crippen molar-refractivity contribution in [1.82, 2.24) is 5.32 Å². The third-order valence-corrected chi connectivity index (χ3v) is 3.33. The lowest BCUT2D eigenvalue weighted by molar-refractivity contribution is -0.143.